The number of carboxylic acid groups (broad SMARTS) is 1. The lowest BCUT2D eigenvalue weighted by Crippen LogP contribution is -2.05. The highest BCUT2D eigenvalue weighted by Crippen LogP contribution is 2.38. The first kappa shape index (κ1) is 11.5. The molecule has 1 aliphatic rings. The Hall–Kier alpha value is -1.03. The van der Waals surface area contributed by atoms with Crippen molar-refractivity contribution in [2.75, 3.05) is 11.9 Å². The van der Waals surface area contributed by atoms with E-state index in [9.17, 15) is 4.79 Å². The summed E-state index contributed by atoms with van der Waals surface area (Å²) in [5.41, 5.74) is 1.27. The average Bonchev–Trinajstić information content (AvgIpc) is 2.92. The van der Waals surface area contributed by atoms with Gasteiger partial charge in [-0.25, -0.2) is 4.79 Å². The van der Waals surface area contributed by atoms with Gasteiger partial charge >= 0.3 is 5.97 Å². The molecule has 0 aromatic heterocycles. The summed E-state index contributed by atoms with van der Waals surface area (Å²) in [6, 6.07) is 5.05. The average molecular weight is 284 g/mol. The Balaban J connectivity index is 2.01. The molecule has 2 rings (SSSR count). The summed E-state index contributed by atoms with van der Waals surface area (Å²) in [4.78, 5) is 10.7. The van der Waals surface area contributed by atoms with Gasteiger partial charge in [0.05, 0.1) is 5.56 Å². The normalized spacial score (nSPS) is 22.9. The number of carbonyl (C=O) groups is 1. The minimum atomic E-state index is -0.900. The lowest BCUT2D eigenvalue weighted by molar-refractivity contribution is 0.0697. The maximum atomic E-state index is 10.7. The Morgan fingerprint density at radius 2 is 2.31 bits per heavy atom. The van der Waals surface area contributed by atoms with Crippen LogP contribution in [0.2, 0.25) is 0 Å². The monoisotopic (exact) mass is 283 g/mol. The van der Waals surface area contributed by atoms with E-state index < -0.39 is 5.97 Å². The molecule has 4 heteroatoms. The van der Waals surface area contributed by atoms with Gasteiger partial charge in [-0.2, -0.15) is 0 Å². The first-order valence-electron chi connectivity index (χ1n) is 5.34. The van der Waals surface area contributed by atoms with Gasteiger partial charge in [0.1, 0.15) is 0 Å². The molecule has 0 spiro atoms. The predicted octanol–water partition coefficient (Wildman–Crippen LogP) is 3.22. The fraction of sp³-hybridized carbons (Fsp3) is 0.417. The Morgan fingerprint density at radius 3 is 2.81 bits per heavy atom. The number of rotatable bonds is 4. The summed E-state index contributed by atoms with van der Waals surface area (Å²) in [6.07, 6.45) is 1.29. The molecular formula is C12H14BrNO2. The molecular weight excluding hydrogens is 270 g/mol. The van der Waals surface area contributed by atoms with Gasteiger partial charge in [-0.3, -0.25) is 0 Å². The highest BCUT2D eigenvalue weighted by atomic mass is 79.9. The minimum absolute atomic E-state index is 0.303. The Kier molecular flexibility index (Phi) is 3.19. The fourth-order valence-corrected chi connectivity index (χ4v) is 2.24. The van der Waals surface area contributed by atoms with Crippen molar-refractivity contribution >= 4 is 27.6 Å². The number of carboxylic acids is 1. The van der Waals surface area contributed by atoms with Gasteiger partial charge in [-0.05, 0) is 52.4 Å². The van der Waals surface area contributed by atoms with Crippen LogP contribution >= 0.6 is 15.9 Å². The molecule has 0 radical (unpaired) electrons. The molecule has 0 aliphatic heterocycles. The van der Waals surface area contributed by atoms with Crippen LogP contribution in [0.15, 0.2) is 22.7 Å². The minimum Gasteiger partial charge on any atom is -0.478 e. The molecule has 0 amide bonds. The molecule has 1 fully saturated rings. The van der Waals surface area contributed by atoms with E-state index in [4.69, 9.17) is 5.11 Å². The van der Waals surface area contributed by atoms with E-state index in [0.717, 1.165) is 28.5 Å². The van der Waals surface area contributed by atoms with Gasteiger partial charge < -0.3 is 10.4 Å². The molecule has 0 heterocycles. The van der Waals surface area contributed by atoms with Gasteiger partial charge in [0.15, 0.2) is 0 Å². The molecule has 0 saturated heterocycles. The summed E-state index contributed by atoms with van der Waals surface area (Å²) in [5, 5.41) is 12.2. The third-order valence-corrected chi connectivity index (χ3v) is 3.70. The van der Waals surface area contributed by atoms with Crippen LogP contribution in [0.1, 0.15) is 23.7 Å². The second-order valence-electron chi connectivity index (χ2n) is 4.35. The van der Waals surface area contributed by atoms with Crippen molar-refractivity contribution in [3.63, 3.8) is 0 Å². The van der Waals surface area contributed by atoms with Crippen LogP contribution in [0, 0.1) is 11.8 Å². The Labute approximate surface area is 103 Å². The number of benzene rings is 1. The molecule has 0 bridgehead atoms. The molecule has 3 nitrogen and oxygen atoms in total. The lowest BCUT2D eigenvalue weighted by atomic mass is 10.2. The van der Waals surface area contributed by atoms with Crippen molar-refractivity contribution in [1.29, 1.82) is 0 Å². The van der Waals surface area contributed by atoms with Crippen molar-refractivity contribution in [1.82, 2.24) is 0 Å². The van der Waals surface area contributed by atoms with Gasteiger partial charge in [0.2, 0.25) is 0 Å². The van der Waals surface area contributed by atoms with E-state index in [1.54, 1.807) is 18.2 Å². The van der Waals surface area contributed by atoms with E-state index in [-0.39, 0.29) is 0 Å². The molecule has 2 unspecified atom stereocenters. The van der Waals surface area contributed by atoms with Crippen LogP contribution in [-0.4, -0.2) is 17.6 Å². The smallest absolute Gasteiger partial charge is 0.335 e. The van der Waals surface area contributed by atoms with Crippen LogP contribution in [0.4, 0.5) is 5.69 Å². The molecule has 1 saturated carbocycles. The molecule has 1 aromatic carbocycles. The molecule has 2 N–H and O–H groups in total. The van der Waals surface area contributed by atoms with Gasteiger partial charge in [-0.1, -0.05) is 6.92 Å². The maximum Gasteiger partial charge on any atom is 0.335 e. The zero-order valence-electron chi connectivity index (χ0n) is 9.03. The summed E-state index contributed by atoms with van der Waals surface area (Å²) >= 11 is 3.38. The highest BCUT2D eigenvalue weighted by molar-refractivity contribution is 9.10. The number of halogens is 1. The zero-order valence-corrected chi connectivity index (χ0v) is 10.6. The second-order valence-corrected chi connectivity index (χ2v) is 5.21. The lowest BCUT2D eigenvalue weighted by Gasteiger charge is -2.08. The topological polar surface area (TPSA) is 49.3 Å². The van der Waals surface area contributed by atoms with E-state index in [1.807, 2.05) is 0 Å². The summed E-state index contributed by atoms with van der Waals surface area (Å²) in [6.45, 7) is 3.21. The summed E-state index contributed by atoms with van der Waals surface area (Å²) in [7, 11) is 0. The standard InChI is InChI=1S/C12H14BrNO2/c1-7-4-9(7)6-14-11-3-2-8(12(15)16)5-10(11)13/h2-3,5,7,9,14H,4,6H2,1H3,(H,15,16). The number of aromatic carboxylic acids is 1. The predicted molar refractivity (Wildman–Crippen MR) is 66.9 cm³/mol. The zero-order chi connectivity index (χ0) is 11.7. The van der Waals surface area contributed by atoms with Crippen molar-refractivity contribution in [3.05, 3.63) is 28.2 Å². The highest BCUT2D eigenvalue weighted by Gasteiger charge is 2.31. The molecule has 16 heavy (non-hydrogen) atoms. The first-order chi connectivity index (χ1) is 7.58. The number of nitrogens with one attached hydrogen (secondary N) is 1. The third kappa shape index (κ3) is 2.55. The van der Waals surface area contributed by atoms with Crippen molar-refractivity contribution < 1.29 is 9.90 Å². The van der Waals surface area contributed by atoms with Crippen LogP contribution in [0.3, 0.4) is 0 Å². The van der Waals surface area contributed by atoms with E-state index >= 15 is 0 Å². The number of anilines is 1. The molecule has 1 aromatic rings. The number of hydrogen-bond donors (Lipinski definition) is 2. The molecule has 1 aliphatic carbocycles. The third-order valence-electron chi connectivity index (χ3n) is 3.05. The van der Waals surface area contributed by atoms with E-state index in [1.165, 1.54) is 6.42 Å². The van der Waals surface area contributed by atoms with Crippen molar-refractivity contribution in [3.8, 4) is 0 Å². The van der Waals surface area contributed by atoms with Gasteiger partial charge in [-0.15, -0.1) is 0 Å². The maximum absolute atomic E-state index is 10.7. The SMILES string of the molecule is CC1CC1CNc1ccc(C(=O)O)cc1Br. The Bertz CT molecular complexity index is 419. The van der Waals surface area contributed by atoms with Crippen LogP contribution in [-0.2, 0) is 0 Å². The first-order valence-corrected chi connectivity index (χ1v) is 6.14. The van der Waals surface area contributed by atoms with Gasteiger partial charge in [0.25, 0.3) is 0 Å². The second kappa shape index (κ2) is 4.45. The summed E-state index contributed by atoms with van der Waals surface area (Å²) in [5.74, 6) is 0.693. The van der Waals surface area contributed by atoms with Crippen LogP contribution in [0.25, 0.3) is 0 Å². The van der Waals surface area contributed by atoms with E-state index in [2.05, 4.69) is 28.2 Å². The molecule has 2 atom stereocenters. The largest absolute Gasteiger partial charge is 0.478 e. The fourth-order valence-electron chi connectivity index (χ4n) is 1.72. The van der Waals surface area contributed by atoms with Gasteiger partial charge in [0, 0.05) is 16.7 Å². The van der Waals surface area contributed by atoms with Crippen molar-refractivity contribution in [2.45, 2.75) is 13.3 Å². The van der Waals surface area contributed by atoms with Crippen LogP contribution < -0.4 is 5.32 Å². The van der Waals surface area contributed by atoms with Crippen molar-refractivity contribution in [2.24, 2.45) is 11.8 Å². The molecule has 86 valence electrons. The Morgan fingerprint density at radius 1 is 1.62 bits per heavy atom. The number of hydrogen-bond acceptors (Lipinski definition) is 2. The summed E-state index contributed by atoms with van der Waals surface area (Å²) < 4.78 is 0.806. The quantitative estimate of drug-likeness (QED) is 0.892. The van der Waals surface area contributed by atoms with Crippen LogP contribution in [0.5, 0.6) is 0 Å². The van der Waals surface area contributed by atoms with E-state index in [0.29, 0.717) is 5.56 Å².